The van der Waals surface area contributed by atoms with Crippen molar-refractivity contribution >= 4 is 40.0 Å². The molecule has 1 atom stereocenters. The van der Waals surface area contributed by atoms with Crippen molar-refractivity contribution < 1.29 is 4.79 Å². The Balaban J connectivity index is 1.37. The van der Waals surface area contributed by atoms with Crippen LogP contribution in [-0.2, 0) is 17.6 Å². The molecule has 1 N–H and O–H groups in total. The predicted octanol–water partition coefficient (Wildman–Crippen LogP) is 5.27. The van der Waals surface area contributed by atoms with Crippen molar-refractivity contribution in [3.8, 4) is 16.9 Å². The molecule has 11 heteroatoms. The van der Waals surface area contributed by atoms with Gasteiger partial charge in [0.25, 0.3) is 5.56 Å². The van der Waals surface area contributed by atoms with Gasteiger partial charge in [0.15, 0.2) is 10.9 Å². The third-order valence-electron chi connectivity index (χ3n) is 6.63. The highest BCUT2D eigenvalue weighted by Gasteiger charge is 2.24. The molecule has 3 aromatic heterocycles. The number of carbonyl (C=O) groups excluding carboxylic acids is 1. The summed E-state index contributed by atoms with van der Waals surface area (Å²) in [6.45, 7) is 0. The van der Waals surface area contributed by atoms with Crippen molar-refractivity contribution in [1.29, 1.82) is 0 Å². The van der Waals surface area contributed by atoms with Gasteiger partial charge in [-0.25, -0.2) is 14.6 Å². The van der Waals surface area contributed by atoms with E-state index in [4.69, 9.17) is 23.2 Å². The van der Waals surface area contributed by atoms with Gasteiger partial charge in [-0.3, -0.25) is 14.2 Å². The summed E-state index contributed by atoms with van der Waals surface area (Å²) in [6, 6.07) is 21.0. The van der Waals surface area contributed by atoms with Gasteiger partial charge < -0.3 is 4.98 Å². The molecule has 40 heavy (non-hydrogen) atoms. The number of hydrogen-bond acceptors (Lipinski definition) is 6. The Hall–Kier alpha value is -4.60. The summed E-state index contributed by atoms with van der Waals surface area (Å²) in [5.74, 6) is -0.111. The van der Waals surface area contributed by atoms with Gasteiger partial charge in [-0.1, -0.05) is 64.8 Å². The molecule has 9 nitrogen and oxygen atoms in total. The lowest BCUT2D eigenvalue weighted by atomic mass is 9.97. The normalized spacial score (nSPS) is 12.1. The summed E-state index contributed by atoms with van der Waals surface area (Å²) < 4.78 is 2.88. The molecule has 0 fully saturated rings. The van der Waals surface area contributed by atoms with Crippen LogP contribution in [-0.4, -0.2) is 40.3 Å². The molecular formula is C29H21Cl2N7O2. The molecular weight excluding hydrogens is 549 g/mol. The molecule has 0 amide bonds. The molecule has 0 radical (unpaired) electrons. The summed E-state index contributed by atoms with van der Waals surface area (Å²) in [5.41, 5.74) is 4.60. The zero-order valence-corrected chi connectivity index (χ0v) is 22.4. The number of hydrogen-bond donors (Lipinski definition) is 1. The van der Waals surface area contributed by atoms with Crippen molar-refractivity contribution in [2.45, 2.75) is 18.9 Å². The summed E-state index contributed by atoms with van der Waals surface area (Å²) in [5, 5.41) is 8.53. The number of nitrogens with one attached hydrogen (secondary N) is 1. The first-order valence-corrected chi connectivity index (χ1v) is 13.2. The molecule has 6 rings (SSSR count). The highest BCUT2D eigenvalue weighted by molar-refractivity contribution is 6.31. The van der Waals surface area contributed by atoms with E-state index in [0.717, 1.165) is 22.2 Å². The van der Waals surface area contributed by atoms with Crippen LogP contribution < -0.4 is 5.56 Å². The highest BCUT2D eigenvalue weighted by Crippen LogP contribution is 2.28. The molecule has 0 unspecified atom stereocenters. The van der Waals surface area contributed by atoms with Crippen LogP contribution in [0.2, 0.25) is 10.2 Å². The molecule has 0 aliphatic rings. The van der Waals surface area contributed by atoms with Crippen molar-refractivity contribution in [3.63, 3.8) is 0 Å². The number of Topliss-reactive ketones (excluding diaryl/α,β-unsaturated/α-hetero) is 1. The van der Waals surface area contributed by atoms with E-state index in [2.05, 4.69) is 25.3 Å². The van der Waals surface area contributed by atoms with E-state index < -0.39 is 6.04 Å². The summed E-state index contributed by atoms with van der Waals surface area (Å²) >= 11 is 12.3. The fraction of sp³-hybridized carbons (Fsp3) is 0.103. The molecule has 0 bridgehead atoms. The molecule has 6 aromatic rings. The van der Waals surface area contributed by atoms with E-state index in [1.54, 1.807) is 30.7 Å². The number of halogens is 2. The average molecular weight is 570 g/mol. The van der Waals surface area contributed by atoms with Crippen molar-refractivity contribution in [3.05, 3.63) is 123 Å². The minimum absolute atomic E-state index is 0.111. The molecule has 0 aliphatic heterocycles. The average Bonchev–Trinajstić information content (AvgIpc) is 3.61. The Bertz CT molecular complexity index is 1900. The van der Waals surface area contributed by atoms with E-state index in [9.17, 15) is 9.59 Å². The topological polar surface area (TPSA) is 111 Å². The molecule has 198 valence electrons. The summed E-state index contributed by atoms with van der Waals surface area (Å²) in [7, 11) is 0. The fourth-order valence-corrected chi connectivity index (χ4v) is 4.98. The van der Waals surface area contributed by atoms with Crippen molar-refractivity contribution in [2.24, 2.45) is 0 Å². The minimum Gasteiger partial charge on any atom is -0.345 e. The second kappa shape index (κ2) is 10.9. The van der Waals surface area contributed by atoms with Gasteiger partial charge in [-0.05, 0) is 41.5 Å². The van der Waals surface area contributed by atoms with Crippen LogP contribution in [0.1, 0.15) is 17.2 Å². The van der Waals surface area contributed by atoms with Crippen molar-refractivity contribution in [1.82, 2.24) is 34.5 Å². The Morgan fingerprint density at radius 1 is 0.950 bits per heavy atom. The lowest BCUT2D eigenvalue weighted by molar-refractivity contribution is -0.121. The number of aromatic nitrogens is 7. The largest absolute Gasteiger partial charge is 0.345 e. The quantitative estimate of drug-likeness (QED) is 0.267. The Labute approximate surface area is 238 Å². The van der Waals surface area contributed by atoms with Gasteiger partial charge in [-0.2, -0.15) is 0 Å². The van der Waals surface area contributed by atoms with Crippen LogP contribution in [0.4, 0.5) is 0 Å². The van der Waals surface area contributed by atoms with Gasteiger partial charge in [0.2, 0.25) is 0 Å². The smallest absolute Gasteiger partial charge is 0.254 e. The number of carbonyl (C=O) groups is 1. The van der Waals surface area contributed by atoms with Crippen LogP contribution in [0.5, 0.6) is 0 Å². The standard InChI is InChI=1S/C29H21Cl2N7O2/c30-20-7-9-25(38-15-28(31)35-36-38)21(13-20)23-14-29(40)37(17-34-23)26(11-18-4-2-1-3-5-18)27(39)12-19-6-8-22-24(10-19)33-16-32-22/h1-10,13-17,26H,11-12H2,(H,32,33)/t26-/m0/s1. The maximum absolute atomic E-state index is 13.7. The first-order valence-electron chi connectivity index (χ1n) is 12.4. The maximum Gasteiger partial charge on any atom is 0.254 e. The van der Waals surface area contributed by atoms with E-state index in [-0.39, 0.29) is 22.9 Å². The van der Waals surface area contributed by atoms with Gasteiger partial charge >= 0.3 is 0 Å². The third-order valence-corrected chi connectivity index (χ3v) is 7.03. The number of rotatable bonds is 8. The molecule has 0 aliphatic carbocycles. The summed E-state index contributed by atoms with van der Waals surface area (Å²) in [4.78, 5) is 39.2. The SMILES string of the molecule is O=C(Cc1ccc2nc[nH]c2c1)[C@H](Cc1ccccc1)n1cnc(-c2cc(Cl)ccc2-n2cc(Cl)nn2)cc1=O. The zero-order chi connectivity index (χ0) is 27.6. The molecule has 3 aromatic carbocycles. The lowest BCUT2D eigenvalue weighted by Gasteiger charge is -2.19. The Morgan fingerprint density at radius 2 is 1.80 bits per heavy atom. The predicted molar refractivity (Wildman–Crippen MR) is 153 cm³/mol. The van der Waals surface area contributed by atoms with Crippen LogP contribution in [0.15, 0.2) is 96.4 Å². The fourth-order valence-electron chi connectivity index (χ4n) is 4.68. The third kappa shape index (κ3) is 5.29. The van der Waals surface area contributed by atoms with E-state index in [0.29, 0.717) is 28.4 Å². The van der Waals surface area contributed by atoms with Crippen molar-refractivity contribution in [2.75, 3.05) is 0 Å². The first kappa shape index (κ1) is 25.7. The minimum atomic E-state index is -0.762. The number of imidazole rings is 1. The van der Waals surface area contributed by atoms with Crippen LogP contribution in [0, 0.1) is 0 Å². The highest BCUT2D eigenvalue weighted by atomic mass is 35.5. The van der Waals surface area contributed by atoms with E-state index in [1.807, 2.05) is 48.5 Å². The molecule has 0 saturated heterocycles. The second-order valence-corrected chi connectivity index (χ2v) is 10.1. The second-order valence-electron chi connectivity index (χ2n) is 9.27. The molecule has 0 saturated carbocycles. The van der Waals surface area contributed by atoms with Crippen LogP contribution >= 0.6 is 23.2 Å². The first-order chi connectivity index (χ1) is 19.4. The number of nitrogens with zero attached hydrogens (tertiary/aromatic N) is 6. The summed E-state index contributed by atoms with van der Waals surface area (Å²) in [6.07, 6.45) is 5.06. The zero-order valence-electron chi connectivity index (χ0n) is 20.9. The number of ketones is 1. The Morgan fingerprint density at radius 3 is 2.58 bits per heavy atom. The number of H-pyrrole nitrogens is 1. The molecule has 3 heterocycles. The number of fused-ring (bicyclic) bond motifs is 1. The van der Waals surface area contributed by atoms with Gasteiger partial charge in [0, 0.05) is 29.5 Å². The van der Waals surface area contributed by atoms with Gasteiger partial charge in [-0.15, -0.1) is 5.10 Å². The lowest BCUT2D eigenvalue weighted by Crippen LogP contribution is -2.32. The monoisotopic (exact) mass is 569 g/mol. The number of aromatic amines is 1. The Kier molecular flexibility index (Phi) is 6.98. The maximum atomic E-state index is 13.7. The van der Waals surface area contributed by atoms with Crippen LogP contribution in [0.25, 0.3) is 28.0 Å². The van der Waals surface area contributed by atoms with E-state index in [1.165, 1.54) is 21.6 Å². The van der Waals surface area contributed by atoms with E-state index >= 15 is 0 Å². The van der Waals surface area contributed by atoms with Gasteiger partial charge in [0.1, 0.15) is 6.04 Å². The number of benzene rings is 3. The van der Waals surface area contributed by atoms with Crippen LogP contribution in [0.3, 0.4) is 0 Å². The van der Waals surface area contributed by atoms with Gasteiger partial charge in [0.05, 0.1) is 41.3 Å². The molecule has 0 spiro atoms.